The first-order chi connectivity index (χ1) is 7.40. The van der Waals surface area contributed by atoms with Gasteiger partial charge >= 0.3 is 0 Å². The summed E-state index contributed by atoms with van der Waals surface area (Å²) in [5.41, 5.74) is 0. The summed E-state index contributed by atoms with van der Waals surface area (Å²) in [5, 5.41) is 3.67. The number of unbranched alkanes of at least 4 members (excludes halogenated alkanes) is 3. The van der Waals surface area contributed by atoms with Crippen LogP contribution in [0.25, 0.3) is 0 Å². The van der Waals surface area contributed by atoms with Crippen LogP contribution >= 0.6 is 0 Å². The van der Waals surface area contributed by atoms with Crippen molar-refractivity contribution in [2.45, 2.75) is 51.5 Å². The van der Waals surface area contributed by atoms with Gasteiger partial charge in [0.05, 0.1) is 0 Å². The van der Waals surface area contributed by atoms with Crippen LogP contribution in [0.1, 0.15) is 45.4 Å². The zero-order chi connectivity index (χ0) is 10.5. The first-order valence-electron chi connectivity index (χ1n) is 6.86. The number of hydrogen-bond acceptors (Lipinski definition) is 2. The quantitative estimate of drug-likeness (QED) is 0.676. The van der Waals surface area contributed by atoms with E-state index in [9.17, 15) is 0 Å². The Bertz CT molecular complexity index is 177. The zero-order valence-corrected chi connectivity index (χ0v) is 10.2. The van der Waals surface area contributed by atoms with Crippen LogP contribution in [0.4, 0.5) is 0 Å². The molecule has 2 fully saturated rings. The fourth-order valence-electron chi connectivity index (χ4n) is 2.62. The largest absolute Gasteiger partial charge is 0.311 e. The third-order valence-electron chi connectivity index (χ3n) is 3.81. The van der Waals surface area contributed by atoms with Crippen molar-refractivity contribution in [2.24, 2.45) is 5.92 Å². The van der Waals surface area contributed by atoms with Crippen LogP contribution in [-0.4, -0.2) is 37.1 Å². The average Bonchev–Trinajstić information content (AvgIpc) is 3.09. The maximum atomic E-state index is 3.67. The molecule has 15 heavy (non-hydrogen) atoms. The molecule has 2 heteroatoms. The third-order valence-corrected chi connectivity index (χ3v) is 3.81. The lowest BCUT2D eigenvalue weighted by molar-refractivity contribution is 0.185. The topological polar surface area (TPSA) is 15.3 Å². The molecule has 1 atom stereocenters. The molecule has 88 valence electrons. The van der Waals surface area contributed by atoms with Crippen LogP contribution in [0, 0.1) is 5.92 Å². The lowest BCUT2D eigenvalue weighted by Crippen LogP contribution is -2.51. The van der Waals surface area contributed by atoms with Crippen LogP contribution < -0.4 is 5.32 Å². The highest BCUT2D eigenvalue weighted by Gasteiger charge is 2.33. The van der Waals surface area contributed by atoms with E-state index in [-0.39, 0.29) is 0 Å². The Kier molecular flexibility index (Phi) is 4.45. The molecule has 0 aromatic carbocycles. The number of nitrogens with one attached hydrogen (secondary N) is 1. The molecule has 0 bridgehead atoms. The highest BCUT2D eigenvalue weighted by molar-refractivity contribution is 4.91. The minimum atomic E-state index is 0.824. The fraction of sp³-hybridized carbons (Fsp3) is 1.00. The summed E-state index contributed by atoms with van der Waals surface area (Å²) in [4.78, 5) is 2.68. The van der Waals surface area contributed by atoms with Crippen molar-refractivity contribution in [2.75, 3.05) is 26.2 Å². The Labute approximate surface area is 94.4 Å². The molecule has 1 aliphatic carbocycles. The van der Waals surface area contributed by atoms with Crippen LogP contribution in [0.3, 0.4) is 0 Å². The smallest absolute Gasteiger partial charge is 0.0223 e. The molecular formula is C13H26N2. The maximum Gasteiger partial charge on any atom is 0.0223 e. The molecule has 1 unspecified atom stereocenters. The summed E-state index contributed by atoms with van der Waals surface area (Å²) < 4.78 is 0. The van der Waals surface area contributed by atoms with E-state index in [1.807, 2.05) is 0 Å². The summed E-state index contributed by atoms with van der Waals surface area (Å²) in [6, 6.07) is 0.824. The van der Waals surface area contributed by atoms with Gasteiger partial charge in [0.15, 0.2) is 0 Å². The van der Waals surface area contributed by atoms with E-state index < -0.39 is 0 Å². The predicted octanol–water partition coefficient (Wildman–Crippen LogP) is 2.25. The average molecular weight is 210 g/mol. The second kappa shape index (κ2) is 5.86. The van der Waals surface area contributed by atoms with E-state index >= 15 is 0 Å². The van der Waals surface area contributed by atoms with Crippen LogP contribution in [0.2, 0.25) is 0 Å². The molecule has 0 amide bonds. The molecule has 2 aliphatic rings. The number of rotatable bonds is 6. The van der Waals surface area contributed by atoms with Crippen molar-refractivity contribution in [3.63, 3.8) is 0 Å². The normalized spacial score (nSPS) is 28.2. The molecule has 1 heterocycles. The van der Waals surface area contributed by atoms with E-state index in [0.717, 1.165) is 12.0 Å². The van der Waals surface area contributed by atoms with E-state index in [1.165, 1.54) is 64.7 Å². The maximum absolute atomic E-state index is 3.67. The van der Waals surface area contributed by atoms with Crippen LogP contribution in [0.5, 0.6) is 0 Å². The van der Waals surface area contributed by atoms with E-state index in [0.29, 0.717) is 0 Å². The van der Waals surface area contributed by atoms with Gasteiger partial charge in [-0.15, -0.1) is 0 Å². The van der Waals surface area contributed by atoms with Crippen molar-refractivity contribution in [3.05, 3.63) is 0 Å². The van der Waals surface area contributed by atoms with Gasteiger partial charge < -0.3 is 10.2 Å². The zero-order valence-electron chi connectivity index (χ0n) is 10.2. The van der Waals surface area contributed by atoms with Gasteiger partial charge in [0.2, 0.25) is 0 Å². The van der Waals surface area contributed by atoms with Gasteiger partial charge in [-0.25, -0.2) is 0 Å². The fourth-order valence-corrected chi connectivity index (χ4v) is 2.62. The standard InChI is InChI=1S/C13H26N2/c1-2-3-4-5-9-15-10-8-14-13(11-15)12-6-7-12/h12-14H,2-11H2,1H3. The van der Waals surface area contributed by atoms with Crippen molar-refractivity contribution < 1.29 is 0 Å². The monoisotopic (exact) mass is 210 g/mol. The lowest BCUT2D eigenvalue weighted by atomic mass is 10.1. The lowest BCUT2D eigenvalue weighted by Gasteiger charge is -2.33. The molecule has 0 aromatic heterocycles. The molecule has 0 aromatic rings. The van der Waals surface area contributed by atoms with Gasteiger partial charge in [-0.2, -0.15) is 0 Å². The number of nitrogens with zero attached hydrogens (tertiary/aromatic N) is 1. The first-order valence-corrected chi connectivity index (χ1v) is 6.86. The van der Waals surface area contributed by atoms with Gasteiger partial charge in [0, 0.05) is 25.7 Å². The number of hydrogen-bond donors (Lipinski definition) is 1. The minimum absolute atomic E-state index is 0.824. The Morgan fingerprint density at radius 1 is 1.20 bits per heavy atom. The van der Waals surface area contributed by atoms with Gasteiger partial charge in [-0.3, -0.25) is 0 Å². The summed E-state index contributed by atoms with van der Waals surface area (Å²) in [6.45, 7) is 7.43. The van der Waals surface area contributed by atoms with Gasteiger partial charge in [0.25, 0.3) is 0 Å². The minimum Gasteiger partial charge on any atom is -0.311 e. The van der Waals surface area contributed by atoms with Crippen molar-refractivity contribution >= 4 is 0 Å². The van der Waals surface area contributed by atoms with Crippen molar-refractivity contribution in [3.8, 4) is 0 Å². The molecule has 1 saturated heterocycles. The van der Waals surface area contributed by atoms with E-state index in [4.69, 9.17) is 0 Å². The molecule has 2 nitrogen and oxygen atoms in total. The molecule has 0 radical (unpaired) electrons. The third kappa shape index (κ3) is 3.76. The van der Waals surface area contributed by atoms with Crippen LogP contribution in [-0.2, 0) is 0 Å². The summed E-state index contributed by atoms with van der Waals surface area (Å²) in [5.74, 6) is 1.02. The summed E-state index contributed by atoms with van der Waals surface area (Å²) in [6.07, 6.45) is 8.55. The molecule has 1 N–H and O–H groups in total. The molecular weight excluding hydrogens is 184 g/mol. The van der Waals surface area contributed by atoms with Crippen molar-refractivity contribution in [1.29, 1.82) is 0 Å². The Balaban J connectivity index is 1.59. The molecule has 1 aliphatic heterocycles. The SMILES string of the molecule is CCCCCCN1CCNC(C2CC2)C1. The van der Waals surface area contributed by atoms with Crippen molar-refractivity contribution in [1.82, 2.24) is 10.2 Å². The number of piperazine rings is 1. The molecule has 2 rings (SSSR count). The highest BCUT2D eigenvalue weighted by atomic mass is 15.2. The molecule has 0 spiro atoms. The van der Waals surface area contributed by atoms with Gasteiger partial charge in [-0.05, 0) is 31.7 Å². The summed E-state index contributed by atoms with van der Waals surface area (Å²) in [7, 11) is 0. The molecule has 1 saturated carbocycles. The predicted molar refractivity (Wildman–Crippen MR) is 65.1 cm³/mol. The Hall–Kier alpha value is -0.0800. The first kappa shape index (κ1) is 11.4. The second-order valence-electron chi connectivity index (χ2n) is 5.26. The summed E-state index contributed by atoms with van der Waals surface area (Å²) >= 11 is 0. The Morgan fingerprint density at radius 2 is 2.07 bits per heavy atom. The van der Waals surface area contributed by atoms with Gasteiger partial charge in [0.1, 0.15) is 0 Å². The Morgan fingerprint density at radius 3 is 2.80 bits per heavy atom. The highest BCUT2D eigenvalue weighted by Crippen LogP contribution is 2.33. The van der Waals surface area contributed by atoms with Crippen LogP contribution in [0.15, 0.2) is 0 Å². The van der Waals surface area contributed by atoms with Gasteiger partial charge in [-0.1, -0.05) is 26.2 Å². The van der Waals surface area contributed by atoms with E-state index in [1.54, 1.807) is 0 Å². The van der Waals surface area contributed by atoms with E-state index in [2.05, 4.69) is 17.1 Å². The second-order valence-corrected chi connectivity index (χ2v) is 5.26.